The smallest absolute Gasteiger partial charge is 0.259 e. The number of thiophene rings is 1. The van der Waals surface area contributed by atoms with Gasteiger partial charge in [0.05, 0.1) is 23.3 Å². The second kappa shape index (κ2) is 8.95. The average Bonchev–Trinajstić information content (AvgIpc) is 3.16. The third kappa shape index (κ3) is 4.18. The van der Waals surface area contributed by atoms with E-state index in [2.05, 4.69) is 17.6 Å². The molecule has 5 aliphatic carbocycles. The lowest BCUT2D eigenvalue weighted by atomic mass is 9.49. The van der Waals surface area contributed by atoms with Gasteiger partial charge in [-0.25, -0.2) is 0 Å². The lowest BCUT2D eigenvalue weighted by Gasteiger charge is -2.55. The van der Waals surface area contributed by atoms with Crippen molar-refractivity contribution in [3.05, 3.63) is 40.3 Å². The summed E-state index contributed by atoms with van der Waals surface area (Å²) in [6, 6.07) is 7.56. The number of anilines is 2. The van der Waals surface area contributed by atoms with Crippen LogP contribution in [-0.4, -0.2) is 18.4 Å². The Labute approximate surface area is 212 Å². The van der Waals surface area contributed by atoms with E-state index in [1.54, 1.807) is 11.3 Å². The van der Waals surface area contributed by atoms with Crippen LogP contribution in [0.2, 0.25) is 0 Å². The van der Waals surface area contributed by atoms with Crippen LogP contribution < -0.4 is 15.4 Å². The number of benzene rings is 1. The molecule has 6 heteroatoms. The molecule has 0 aliphatic heterocycles. The van der Waals surface area contributed by atoms with Crippen LogP contribution in [0.15, 0.2) is 24.3 Å². The van der Waals surface area contributed by atoms with Crippen molar-refractivity contribution in [3.8, 4) is 5.75 Å². The summed E-state index contributed by atoms with van der Waals surface area (Å²) in [6.45, 7) is 4.74. The van der Waals surface area contributed by atoms with Gasteiger partial charge in [-0.2, -0.15) is 0 Å². The predicted octanol–water partition coefficient (Wildman–Crippen LogP) is 6.68. The van der Waals surface area contributed by atoms with Gasteiger partial charge in [-0.1, -0.05) is 19.1 Å². The van der Waals surface area contributed by atoms with E-state index in [0.29, 0.717) is 47.3 Å². The Morgan fingerprint density at radius 3 is 2.43 bits per heavy atom. The lowest BCUT2D eigenvalue weighted by molar-refractivity contribution is -0.140. The van der Waals surface area contributed by atoms with E-state index in [4.69, 9.17) is 4.74 Å². The second-order valence-electron chi connectivity index (χ2n) is 11.6. The molecule has 2 N–H and O–H groups in total. The van der Waals surface area contributed by atoms with Gasteiger partial charge in [0.25, 0.3) is 5.91 Å². The molecule has 1 atom stereocenters. The number of nitrogens with one attached hydrogen (secondary N) is 2. The number of hydrogen-bond acceptors (Lipinski definition) is 4. The zero-order valence-corrected chi connectivity index (χ0v) is 21.6. The fourth-order valence-electron chi connectivity index (χ4n) is 7.74. The Kier molecular flexibility index (Phi) is 5.90. The molecule has 2 amide bonds. The number of ether oxygens (including phenoxy) is 1. The van der Waals surface area contributed by atoms with Gasteiger partial charge in [0, 0.05) is 4.88 Å². The highest BCUT2D eigenvalue weighted by Crippen LogP contribution is 2.60. The Hall–Kier alpha value is -2.34. The number of fused-ring (bicyclic) bond motifs is 1. The minimum absolute atomic E-state index is 0.148. The topological polar surface area (TPSA) is 67.4 Å². The number of rotatable bonds is 6. The highest BCUT2D eigenvalue weighted by Gasteiger charge is 2.54. The molecule has 186 valence electrons. The number of carbonyl (C=O) groups excluding carboxylic acids is 2. The first-order chi connectivity index (χ1) is 16.9. The van der Waals surface area contributed by atoms with E-state index in [-0.39, 0.29) is 17.2 Å². The Bertz CT molecular complexity index is 1120. The van der Waals surface area contributed by atoms with Gasteiger partial charge in [-0.05, 0) is 106 Å². The van der Waals surface area contributed by atoms with Gasteiger partial charge in [0.2, 0.25) is 5.91 Å². The van der Waals surface area contributed by atoms with Crippen LogP contribution in [0.4, 0.5) is 10.7 Å². The van der Waals surface area contributed by atoms with Gasteiger partial charge < -0.3 is 15.4 Å². The predicted molar refractivity (Wildman–Crippen MR) is 140 cm³/mol. The lowest BCUT2D eigenvalue weighted by Crippen LogP contribution is -2.51. The van der Waals surface area contributed by atoms with Crippen LogP contribution in [0.25, 0.3) is 0 Å². The third-order valence-corrected chi connectivity index (χ3v) is 10.1. The molecule has 1 aromatic carbocycles. The molecule has 7 rings (SSSR count). The average molecular weight is 493 g/mol. The van der Waals surface area contributed by atoms with E-state index in [1.807, 2.05) is 31.2 Å². The molecule has 4 saturated carbocycles. The van der Waals surface area contributed by atoms with Crippen LogP contribution in [-0.2, 0) is 17.6 Å². The SMILES string of the molecule is CCOc1ccccc1NC(=O)c1c(NC(=O)C23CC4CC(CC(C4)C2)C3)sc2c1CC[C@@H](C)C2. The Morgan fingerprint density at radius 2 is 1.74 bits per heavy atom. The molecule has 0 unspecified atom stereocenters. The van der Waals surface area contributed by atoms with Crippen LogP contribution in [0.3, 0.4) is 0 Å². The molecule has 4 bridgehead atoms. The number of carbonyl (C=O) groups is 2. The third-order valence-electron chi connectivity index (χ3n) is 8.92. The molecular weight excluding hydrogens is 456 g/mol. The molecule has 0 radical (unpaired) electrons. The van der Waals surface area contributed by atoms with Crippen LogP contribution >= 0.6 is 11.3 Å². The van der Waals surface area contributed by atoms with Gasteiger partial charge >= 0.3 is 0 Å². The Balaban J connectivity index is 1.31. The molecule has 5 nitrogen and oxygen atoms in total. The normalized spacial score (nSPS) is 30.6. The summed E-state index contributed by atoms with van der Waals surface area (Å²) in [5.41, 5.74) is 2.23. The molecule has 4 fully saturated rings. The van der Waals surface area contributed by atoms with Gasteiger partial charge in [-0.15, -0.1) is 11.3 Å². The highest BCUT2D eigenvalue weighted by atomic mass is 32.1. The van der Waals surface area contributed by atoms with Gasteiger partial charge in [0.1, 0.15) is 10.8 Å². The van der Waals surface area contributed by atoms with Crippen molar-refractivity contribution in [3.63, 3.8) is 0 Å². The first-order valence-corrected chi connectivity index (χ1v) is 14.2. The maximum Gasteiger partial charge on any atom is 0.259 e. The molecule has 0 spiro atoms. The summed E-state index contributed by atoms with van der Waals surface area (Å²) in [4.78, 5) is 28.8. The summed E-state index contributed by atoms with van der Waals surface area (Å²) in [5, 5.41) is 7.18. The van der Waals surface area contributed by atoms with E-state index in [9.17, 15) is 9.59 Å². The van der Waals surface area contributed by atoms with E-state index in [1.165, 1.54) is 24.1 Å². The van der Waals surface area contributed by atoms with E-state index >= 15 is 0 Å². The highest BCUT2D eigenvalue weighted by molar-refractivity contribution is 7.17. The first kappa shape index (κ1) is 23.1. The van der Waals surface area contributed by atoms with Gasteiger partial charge in [0.15, 0.2) is 0 Å². The number of hydrogen-bond donors (Lipinski definition) is 2. The number of para-hydroxylation sites is 2. The van der Waals surface area contributed by atoms with Gasteiger partial charge in [-0.3, -0.25) is 9.59 Å². The minimum atomic E-state index is -0.234. The fourth-order valence-corrected chi connectivity index (χ4v) is 9.14. The largest absolute Gasteiger partial charge is 0.492 e. The van der Waals surface area contributed by atoms with Crippen LogP contribution in [0.1, 0.15) is 79.6 Å². The molecule has 2 aromatic rings. The quantitative estimate of drug-likeness (QED) is 0.473. The summed E-state index contributed by atoms with van der Waals surface area (Å²) < 4.78 is 5.73. The molecule has 35 heavy (non-hydrogen) atoms. The van der Waals surface area contributed by atoms with Crippen molar-refractivity contribution in [2.24, 2.45) is 29.1 Å². The summed E-state index contributed by atoms with van der Waals surface area (Å²) in [6.07, 6.45) is 9.93. The zero-order chi connectivity index (χ0) is 24.2. The van der Waals surface area contributed by atoms with Crippen molar-refractivity contribution in [2.75, 3.05) is 17.2 Å². The summed E-state index contributed by atoms with van der Waals surface area (Å²) in [5.74, 6) is 3.41. The fraction of sp³-hybridized carbons (Fsp3) is 0.586. The molecule has 1 heterocycles. The monoisotopic (exact) mass is 492 g/mol. The van der Waals surface area contributed by atoms with Crippen molar-refractivity contribution in [1.29, 1.82) is 0 Å². The molecule has 5 aliphatic rings. The van der Waals surface area contributed by atoms with Crippen molar-refractivity contribution in [2.45, 2.75) is 71.6 Å². The molecule has 0 saturated heterocycles. The van der Waals surface area contributed by atoms with E-state index < -0.39 is 0 Å². The van der Waals surface area contributed by atoms with Crippen LogP contribution in [0.5, 0.6) is 5.75 Å². The maximum atomic E-state index is 13.9. The summed E-state index contributed by atoms with van der Waals surface area (Å²) >= 11 is 1.63. The zero-order valence-electron chi connectivity index (χ0n) is 20.8. The van der Waals surface area contributed by atoms with Crippen molar-refractivity contribution >= 4 is 33.8 Å². The minimum Gasteiger partial charge on any atom is -0.492 e. The molecular formula is C29H36N2O3S. The second-order valence-corrected chi connectivity index (χ2v) is 12.7. The van der Waals surface area contributed by atoms with Crippen molar-refractivity contribution < 1.29 is 14.3 Å². The Morgan fingerprint density at radius 1 is 1.06 bits per heavy atom. The van der Waals surface area contributed by atoms with Crippen LogP contribution in [0, 0.1) is 29.1 Å². The standard InChI is InChI=1S/C29H36N2O3S/c1-3-34-23-7-5-4-6-22(23)30-26(32)25-21-9-8-17(2)10-24(21)35-27(25)31-28(33)29-14-18-11-19(15-29)13-20(12-18)16-29/h4-7,17-20H,3,8-16H2,1-2H3,(H,30,32)(H,31,33)/t17-,18?,19?,20?,29?/m1/s1. The van der Waals surface area contributed by atoms with E-state index in [0.717, 1.165) is 49.1 Å². The van der Waals surface area contributed by atoms with Crippen molar-refractivity contribution in [1.82, 2.24) is 0 Å². The maximum absolute atomic E-state index is 13.9. The summed E-state index contributed by atoms with van der Waals surface area (Å²) in [7, 11) is 0. The number of amides is 2. The molecule has 1 aromatic heterocycles. The first-order valence-electron chi connectivity index (χ1n) is 13.4.